The number of rotatable bonds is 5. The molecule has 0 fully saturated rings. The van der Waals surface area contributed by atoms with Crippen LogP contribution in [0.25, 0.3) is 0 Å². The van der Waals surface area contributed by atoms with Crippen LogP contribution in [0.1, 0.15) is 5.56 Å². The van der Waals surface area contributed by atoms with Crippen molar-refractivity contribution in [2.24, 2.45) is 0 Å². The summed E-state index contributed by atoms with van der Waals surface area (Å²) in [7, 11) is 4.07. The number of nitriles is 1. The van der Waals surface area contributed by atoms with Gasteiger partial charge in [0.05, 0.1) is 11.3 Å². The molecule has 0 saturated heterocycles. The zero-order valence-electron chi connectivity index (χ0n) is 9.95. The van der Waals surface area contributed by atoms with E-state index < -0.39 is 0 Å². The van der Waals surface area contributed by atoms with Crippen LogP contribution in [0.4, 0.5) is 5.69 Å². The number of nitrogens with zero attached hydrogens (tertiary/aromatic N) is 2. The van der Waals surface area contributed by atoms with Crippen molar-refractivity contribution in [2.45, 2.75) is 4.90 Å². The molecule has 0 aromatic heterocycles. The van der Waals surface area contributed by atoms with Gasteiger partial charge >= 0.3 is 0 Å². The third kappa shape index (κ3) is 3.44. The minimum absolute atomic E-state index is 0.744. The van der Waals surface area contributed by atoms with Crippen LogP contribution in [0.15, 0.2) is 23.1 Å². The Bertz CT molecular complexity index is 382. The SMILES string of the molecule is CSc1cccc(NCCN(C)C)c1C#N. The van der Waals surface area contributed by atoms with Gasteiger partial charge in [0.15, 0.2) is 0 Å². The average Bonchev–Trinajstić information content (AvgIpc) is 2.28. The summed E-state index contributed by atoms with van der Waals surface area (Å²) in [6, 6.07) is 8.16. The number of nitrogens with one attached hydrogen (secondary N) is 1. The van der Waals surface area contributed by atoms with E-state index in [1.807, 2.05) is 38.6 Å². The summed E-state index contributed by atoms with van der Waals surface area (Å²) in [5.41, 5.74) is 1.67. The minimum Gasteiger partial charge on any atom is -0.383 e. The number of hydrogen-bond acceptors (Lipinski definition) is 4. The van der Waals surface area contributed by atoms with Crippen molar-refractivity contribution in [1.82, 2.24) is 4.90 Å². The molecule has 0 heterocycles. The van der Waals surface area contributed by atoms with Crippen LogP contribution < -0.4 is 5.32 Å². The van der Waals surface area contributed by atoms with E-state index >= 15 is 0 Å². The maximum Gasteiger partial charge on any atom is 0.102 e. The van der Waals surface area contributed by atoms with Gasteiger partial charge in [0, 0.05) is 18.0 Å². The highest BCUT2D eigenvalue weighted by molar-refractivity contribution is 7.98. The van der Waals surface area contributed by atoms with Gasteiger partial charge in [-0.3, -0.25) is 0 Å². The van der Waals surface area contributed by atoms with Crippen molar-refractivity contribution in [3.8, 4) is 6.07 Å². The maximum atomic E-state index is 9.13. The highest BCUT2D eigenvalue weighted by atomic mass is 32.2. The summed E-state index contributed by atoms with van der Waals surface area (Å²) in [6.45, 7) is 1.80. The number of anilines is 1. The first kappa shape index (κ1) is 12.9. The van der Waals surface area contributed by atoms with E-state index in [4.69, 9.17) is 5.26 Å². The molecular formula is C12H17N3S. The second-order valence-corrected chi connectivity index (χ2v) is 4.57. The average molecular weight is 235 g/mol. The summed E-state index contributed by atoms with van der Waals surface area (Å²) < 4.78 is 0. The zero-order chi connectivity index (χ0) is 12.0. The van der Waals surface area contributed by atoms with Crippen molar-refractivity contribution in [1.29, 1.82) is 5.26 Å². The summed E-state index contributed by atoms with van der Waals surface area (Å²) in [4.78, 5) is 3.13. The van der Waals surface area contributed by atoms with Gasteiger partial charge in [0.25, 0.3) is 0 Å². The molecule has 0 spiro atoms. The Labute approximate surface area is 101 Å². The van der Waals surface area contributed by atoms with Crippen LogP contribution >= 0.6 is 11.8 Å². The van der Waals surface area contributed by atoms with Crippen molar-refractivity contribution < 1.29 is 0 Å². The van der Waals surface area contributed by atoms with Crippen LogP contribution in [0.3, 0.4) is 0 Å². The van der Waals surface area contributed by atoms with Crippen molar-refractivity contribution in [2.75, 3.05) is 38.8 Å². The lowest BCUT2D eigenvalue weighted by atomic mass is 10.2. The lowest BCUT2D eigenvalue weighted by molar-refractivity contribution is 0.425. The van der Waals surface area contributed by atoms with Crippen LogP contribution in [0.2, 0.25) is 0 Å². The predicted molar refractivity (Wildman–Crippen MR) is 70.0 cm³/mol. The third-order valence-corrected chi connectivity index (χ3v) is 3.01. The van der Waals surface area contributed by atoms with Gasteiger partial charge in [-0.25, -0.2) is 0 Å². The molecule has 0 aliphatic carbocycles. The van der Waals surface area contributed by atoms with Gasteiger partial charge in [0.2, 0.25) is 0 Å². The fourth-order valence-corrected chi connectivity index (χ4v) is 1.95. The molecule has 86 valence electrons. The van der Waals surface area contributed by atoms with Gasteiger partial charge in [-0.05, 0) is 32.5 Å². The van der Waals surface area contributed by atoms with E-state index in [2.05, 4.69) is 16.3 Å². The molecular weight excluding hydrogens is 218 g/mol. The third-order valence-electron chi connectivity index (χ3n) is 2.23. The second kappa shape index (κ2) is 6.41. The van der Waals surface area contributed by atoms with Crippen LogP contribution in [0, 0.1) is 11.3 Å². The molecule has 0 saturated carbocycles. The molecule has 0 radical (unpaired) electrons. The molecule has 1 N–H and O–H groups in total. The molecule has 1 aromatic carbocycles. The summed E-state index contributed by atoms with van der Waals surface area (Å²) in [6.07, 6.45) is 1.99. The van der Waals surface area contributed by atoms with E-state index in [0.29, 0.717) is 0 Å². The van der Waals surface area contributed by atoms with Gasteiger partial charge in [-0.15, -0.1) is 11.8 Å². The standard InChI is InChI=1S/C12H17N3S/c1-15(2)8-7-14-11-5-4-6-12(16-3)10(11)9-13/h4-6,14H,7-8H2,1-3H3. The molecule has 0 amide bonds. The maximum absolute atomic E-state index is 9.13. The molecule has 0 aliphatic heterocycles. The Morgan fingerprint density at radius 2 is 2.19 bits per heavy atom. The smallest absolute Gasteiger partial charge is 0.102 e. The summed E-state index contributed by atoms with van der Waals surface area (Å²) in [5, 5.41) is 12.4. The Kier molecular flexibility index (Phi) is 5.17. The summed E-state index contributed by atoms with van der Waals surface area (Å²) >= 11 is 1.60. The highest BCUT2D eigenvalue weighted by Gasteiger charge is 2.06. The van der Waals surface area contributed by atoms with Gasteiger partial charge < -0.3 is 10.2 Å². The first-order valence-electron chi connectivity index (χ1n) is 5.14. The molecule has 1 rings (SSSR count). The number of likely N-dealkylation sites (N-methyl/N-ethyl adjacent to an activating group) is 1. The van der Waals surface area contributed by atoms with E-state index in [-0.39, 0.29) is 0 Å². The van der Waals surface area contributed by atoms with Crippen molar-refractivity contribution >= 4 is 17.4 Å². The Morgan fingerprint density at radius 3 is 2.75 bits per heavy atom. The fraction of sp³-hybridized carbons (Fsp3) is 0.417. The lowest BCUT2D eigenvalue weighted by Crippen LogP contribution is -2.21. The van der Waals surface area contributed by atoms with Crippen LogP contribution in [0.5, 0.6) is 0 Å². The topological polar surface area (TPSA) is 39.1 Å². The molecule has 16 heavy (non-hydrogen) atoms. The molecule has 0 unspecified atom stereocenters. The second-order valence-electron chi connectivity index (χ2n) is 3.72. The van der Waals surface area contributed by atoms with Gasteiger partial charge in [0.1, 0.15) is 6.07 Å². The quantitative estimate of drug-likeness (QED) is 0.795. The molecule has 3 nitrogen and oxygen atoms in total. The van der Waals surface area contributed by atoms with E-state index in [1.54, 1.807) is 11.8 Å². The Hall–Kier alpha value is -1.18. The predicted octanol–water partition coefficient (Wildman–Crippen LogP) is 2.25. The highest BCUT2D eigenvalue weighted by Crippen LogP contribution is 2.25. The lowest BCUT2D eigenvalue weighted by Gasteiger charge is -2.13. The van der Waals surface area contributed by atoms with E-state index in [0.717, 1.165) is 29.2 Å². The first-order valence-corrected chi connectivity index (χ1v) is 6.37. The first-order chi connectivity index (χ1) is 7.69. The largest absolute Gasteiger partial charge is 0.383 e. The monoisotopic (exact) mass is 235 g/mol. The molecule has 0 bridgehead atoms. The summed E-state index contributed by atoms with van der Waals surface area (Å²) in [5.74, 6) is 0. The van der Waals surface area contributed by atoms with Crippen LogP contribution in [-0.2, 0) is 0 Å². The van der Waals surface area contributed by atoms with Crippen molar-refractivity contribution in [3.05, 3.63) is 23.8 Å². The Balaban J connectivity index is 2.76. The number of hydrogen-bond donors (Lipinski definition) is 1. The van der Waals surface area contributed by atoms with E-state index in [9.17, 15) is 0 Å². The number of benzene rings is 1. The molecule has 0 aliphatic rings. The Morgan fingerprint density at radius 1 is 1.44 bits per heavy atom. The molecule has 1 aromatic rings. The van der Waals surface area contributed by atoms with Crippen LogP contribution in [-0.4, -0.2) is 38.3 Å². The number of thioether (sulfide) groups is 1. The fourth-order valence-electron chi connectivity index (χ4n) is 1.38. The normalized spacial score (nSPS) is 10.2. The van der Waals surface area contributed by atoms with E-state index in [1.165, 1.54) is 0 Å². The van der Waals surface area contributed by atoms with Gasteiger partial charge in [-0.2, -0.15) is 5.26 Å². The van der Waals surface area contributed by atoms with Crippen molar-refractivity contribution in [3.63, 3.8) is 0 Å². The minimum atomic E-state index is 0.744. The van der Waals surface area contributed by atoms with Gasteiger partial charge in [-0.1, -0.05) is 6.07 Å². The zero-order valence-corrected chi connectivity index (χ0v) is 10.8. The molecule has 0 atom stereocenters. The molecule has 4 heteroatoms.